The second-order valence-electron chi connectivity index (χ2n) is 9.18. The van der Waals surface area contributed by atoms with Crippen LogP contribution in [0.25, 0.3) is 0 Å². The highest BCUT2D eigenvalue weighted by Crippen LogP contribution is 2.35. The third kappa shape index (κ3) is 4.04. The molecule has 4 heterocycles. The number of aryl methyl sites for hydroxylation is 1. The maximum Gasteiger partial charge on any atom is 0.249 e. The van der Waals surface area contributed by atoms with E-state index in [1.165, 1.54) is 37.0 Å². The van der Waals surface area contributed by atoms with Crippen molar-refractivity contribution < 1.29 is 9.59 Å². The number of H-pyrrole nitrogens is 1. The molecule has 2 aliphatic carbocycles. The van der Waals surface area contributed by atoms with Crippen LogP contribution < -0.4 is 15.5 Å². The van der Waals surface area contributed by atoms with Crippen molar-refractivity contribution in [1.29, 1.82) is 0 Å². The topological polar surface area (TPSA) is 129 Å². The molecule has 34 heavy (non-hydrogen) atoms. The molecule has 1 amide bonds. The van der Waals surface area contributed by atoms with Gasteiger partial charge >= 0.3 is 0 Å². The number of nitrogens with one attached hydrogen (secondary N) is 3. The fourth-order valence-electron chi connectivity index (χ4n) is 5.23. The number of carbonyl (C=O) groups excluding carboxylic acids is 2. The number of rotatable bonds is 6. The number of aromatic amines is 1. The molecular weight excluding hydrogens is 452 g/mol. The van der Waals surface area contributed by atoms with Gasteiger partial charge in [-0.25, -0.2) is 9.97 Å². The Balaban J connectivity index is 1.28. The summed E-state index contributed by atoms with van der Waals surface area (Å²) < 4.78 is 0. The fourth-order valence-corrected chi connectivity index (χ4v) is 5.76. The van der Waals surface area contributed by atoms with Crippen LogP contribution >= 0.6 is 11.3 Å². The molecule has 6 rings (SSSR count). The highest BCUT2D eigenvalue weighted by atomic mass is 32.1. The Morgan fingerprint density at radius 1 is 1.18 bits per heavy atom. The molecule has 11 heteroatoms. The van der Waals surface area contributed by atoms with E-state index in [2.05, 4.69) is 31.9 Å². The van der Waals surface area contributed by atoms with Crippen molar-refractivity contribution in [1.82, 2.24) is 25.1 Å². The Hall–Kier alpha value is -3.34. The van der Waals surface area contributed by atoms with Gasteiger partial charge in [-0.05, 0) is 32.1 Å². The minimum atomic E-state index is -0.664. The lowest BCUT2D eigenvalue weighted by Gasteiger charge is -2.24. The molecule has 1 saturated heterocycles. The summed E-state index contributed by atoms with van der Waals surface area (Å²) in [7, 11) is 0. The van der Waals surface area contributed by atoms with Gasteiger partial charge in [0.1, 0.15) is 11.9 Å². The number of amides is 1. The molecule has 1 saturated carbocycles. The van der Waals surface area contributed by atoms with E-state index in [1.807, 2.05) is 0 Å². The van der Waals surface area contributed by atoms with Gasteiger partial charge in [-0.15, -0.1) is 11.3 Å². The van der Waals surface area contributed by atoms with Crippen LogP contribution in [-0.2, 0) is 22.4 Å². The first kappa shape index (κ1) is 21.2. The predicted octanol–water partition coefficient (Wildman–Crippen LogP) is 3.33. The molecule has 0 bridgehead atoms. The number of thiazole rings is 1. The first-order valence-corrected chi connectivity index (χ1v) is 12.7. The summed E-state index contributed by atoms with van der Waals surface area (Å²) in [5, 5.41) is 16.2. The Labute approximate surface area is 200 Å². The molecule has 0 aromatic carbocycles. The van der Waals surface area contributed by atoms with Crippen LogP contribution in [0, 0.1) is 0 Å². The van der Waals surface area contributed by atoms with E-state index < -0.39 is 6.04 Å². The number of anilines is 4. The standard InChI is InChI=1S/C23H26N8O2S/c32-14-10-18(21(33)28-23-24-8-9-34-23)31(12-14)22-25-16-7-3-6-15(16)20(27-22)26-19-11-17(29-30-19)13-4-1-2-5-13/h8-9,11,13,18H,1-7,10,12H2,(H,24,28,33)(H2,25,26,27,29,30). The summed E-state index contributed by atoms with van der Waals surface area (Å²) >= 11 is 1.34. The fraction of sp³-hybridized carbons (Fsp3) is 0.478. The van der Waals surface area contributed by atoms with E-state index in [-0.39, 0.29) is 24.7 Å². The molecule has 3 aromatic rings. The molecule has 176 valence electrons. The Bertz CT molecular complexity index is 1220. The van der Waals surface area contributed by atoms with Gasteiger partial charge in [0.25, 0.3) is 0 Å². The molecule has 2 fully saturated rings. The maximum absolute atomic E-state index is 13.0. The second kappa shape index (κ2) is 8.79. The summed E-state index contributed by atoms with van der Waals surface area (Å²) in [5.74, 6) is 2.11. The molecule has 10 nitrogen and oxygen atoms in total. The number of hydrogen-bond acceptors (Lipinski definition) is 9. The average molecular weight is 479 g/mol. The van der Waals surface area contributed by atoms with Gasteiger partial charge < -0.3 is 15.5 Å². The molecule has 3 aliphatic rings. The van der Waals surface area contributed by atoms with Crippen molar-refractivity contribution in [3.05, 3.63) is 34.6 Å². The van der Waals surface area contributed by atoms with Gasteiger partial charge in [-0.2, -0.15) is 10.1 Å². The zero-order chi connectivity index (χ0) is 23.1. The molecule has 3 aromatic heterocycles. The minimum Gasteiger partial charge on any atom is -0.323 e. The summed E-state index contributed by atoms with van der Waals surface area (Å²) in [6.07, 6.45) is 9.43. The maximum atomic E-state index is 13.0. The van der Waals surface area contributed by atoms with Gasteiger partial charge in [0.05, 0.1) is 12.2 Å². The number of aromatic nitrogens is 5. The molecule has 0 spiro atoms. The van der Waals surface area contributed by atoms with E-state index in [1.54, 1.807) is 16.5 Å². The lowest BCUT2D eigenvalue weighted by molar-refractivity contribution is -0.120. The number of hydrogen-bond donors (Lipinski definition) is 3. The molecule has 1 unspecified atom stereocenters. The summed E-state index contributed by atoms with van der Waals surface area (Å²) in [4.78, 5) is 40.7. The SMILES string of the molecule is O=C1CC(C(=O)Nc2nccs2)N(c2nc3c(c(Nc4cc(C5CCCC5)[nH]n4)n2)CCC3)C1. The number of fused-ring (bicyclic) bond motifs is 1. The number of nitrogens with zero attached hydrogens (tertiary/aromatic N) is 5. The Morgan fingerprint density at radius 2 is 2.06 bits per heavy atom. The van der Waals surface area contributed by atoms with Gasteiger partial charge in [-0.3, -0.25) is 14.7 Å². The summed E-state index contributed by atoms with van der Waals surface area (Å²) in [6.45, 7) is 0.114. The van der Waals surface area contributed by atoms with Crippen molar-refractivity contribution in [2.75, 3.05) is 22.1 Å². The third-order valence-corrected chi connectivity index (χ3v) is 7.61. The smallest absolute Gasteiger partial charge is 0.249 e. The van der Waals surface area contributed by atoms with Crippen LogP contribution in [0.5, 0.6) is 0 Å². The van der Waals surface area contributed by atoms with Crippen molar-refractivity contribution in [3.63, 3.8) is 0 Å². The van der Waals surface area contributed by atoms with E-state index in [0.717, 1.165) is 42.0 Å². The number of ketones is 1. The van der Waals surface area contributed by atoms with Crippen molar-refractivity contribution >= 4 is 45.7 Å². The van der Waals surface area contributed by atoms with Gasteiger partial charge in [0.15, 0.2) is 16.7 Å². The van der Waals surface area contributed by atoms with Crippen LogP contribution in [0.3, 0.4) is 0 Å². The molecule has 1 aliphatic heterocycles. The lowest BCUT2D eigenvalue weighted by Crippen LogP contribution is -2.40. The van der Waals surface area contributed by atoms with Crippen molar-refractivity contribution in [2.45, 2.75) is 63.3 Å². The van der Waals surface area contributed by atoms with Crippen LogP contribution in [0.1, 0.15) is 61.4 Å². The largest absolute Gasteiger partial charge is 0.323 e. The van der Waals surface area contributed by atoms with Gasteiger partial charge in [-0.1, -0.05) is 12.8 Å². The second-order valence-corrected chi connectivity index (χ2v) is 10.1. The van der Waals surface area contributed by atoms with Crippen LogP contribution in [0.4, 0.5) is 22.7 Å². The zero-order valence-electron chi connectivity index (χ0n) is 18.7. The Morgan fingerprint density at radius 3 is 2.88 bits per heavy atom. The average Bonchev–Trinajstić information content (AvgIpc) is 3.64. The van der Waals surface area contributed by atoms with E-state index in [0.29, 0.717) is 22.8 Å². The number of Topliss-reactive ketones (excluding diaryl/α,β-unsaturated/α-hetero) is 1. The van der Waals surface area contributed by atoms with E-state index in [9.17, 15) is 9.59 Å². The minimum absolute atomic E-state index is 0.00796. The van der Waals surface area contributed by atoms with Gasteiger partial charge in [0.2, 0.25) is 11.9 Å². The normalized spacial score (nSPS) is 20.2. The van der Waals surface area contributed by atoms with Crippen LogP contribution in [-0.4, -0.2) is 49.4 Å². The monoisotopic (exact) mass is 478 g/mol. The van der Waals surface area contributed by atoms with Crippen LogP contribution in [0.2, 0.25) is 0 Å². The zero-order valence-corrected chi connectivity index (χ0v) is 19.5. The summed E-state index contributed by atoms with van der Waals surface area (Å²) in [5.41, 5.74) is 3.22. The van der Waals surface area contributed by atoms with Gasteiger partial charge in [0, 0.05) is 41.2 Å². The first-order chi connectivity index (χ1) is 16.6. The Kier molecular flexibility index (Phi) is 5.48. The van der Waals surface area contributed by atoms with E-state index in [4.69, 9.17) is 9.97 Å². The van der Waals surface area contributed by atoms with Crippen molar-refractivity contribution in [2.24, 2.45) is 0 Å². The quantitative estimate of drug-likeness (QED) is 0.492. The number of carbonyl (C=O) groups is 2. The van der Waals surface area contributed by atoms with Crippen molar-refractivity contribution in [3.8, 4) is 0 Å². The highest BCUT2D eigenvalue weighted by Gasteiger charge is 2.38. The highest BCUT2D eigenvalue weighted by molar-refractivity contribution is 7.13. The third-order valence-electron chi connectivity index (χ3n) is 6.93. The van der Waals surface area contributed by atoms with E-state index >= 15 is 0 Å². The predicted molar refractivity (Wildman–Crippen MR) is 129 cm³/mol. The molecule has 0 radical (unpaired) electrons. The summed E-state index contributed by atoms with van der Waals surface area (Å²) in [6, 6.07) is 1.41. The van der Waals surface area contributed by atoms with Crippen LogP contribution in [0.15, 0.2) is 17.6 Å². The molecular formula is C23H26N8O2S. The lowest BCUT2D eigenvalue weighted by atomic mass is 10.0. The molecule has 1 atom stereocenters. The molecule has 3 N–H and O–H groups in total. The first-order valence-electron chi connectivity index (χ1n) is 11.8.